The monoisotopic (exact) mass is 348 g/mol. The van der Waals surface area contributed by atoms with Gasteiger partial charge in [-0.15, -0.1) is 0 Å². The van der Waals surface area contributed by atoms with Crippen LogP contribution < -0.4 is 5.32 Å². The highest BCUT2D eigenvalue weighted by Crippen LogP contribution is 2.25. The topological polar surface area (TPSA) is 40.1 Å². The molecule has 0 bridgehead atoms. The second kappa shape index (κ2) is 8.15. The number of ether oxygens (including phenoxy) is 1. The van der Waals surface area contributed by atoms with Gasteiger partial charge in [-0.2, -0.15) is 0 Å². The number of hydrogen-bond acceptors (Lipinski definition) is 3. The van der Waals surface area contributed by atoms with Gasteiger partial charge in [-0.25, -0.2) is 4.39 Å². The molecule has 2 heterocycles. The molecule has 2 fully saturated rings. The van der Waals surface area contributed by atoms with Gasteiger partial charge in [0, 0.05) is 26.2 Å². The highest BCUT2D eigenvalue weighted by molar-refractivity contribution is 5.80. The van der Waals surface area contributed by atoms with Crippen LogP contribution in [0.4, 0.5) is 4.39 Å². The van der Waals surface area contributed by atoms with Crippen molar-refractivity contribution in [3.05, 3.63) is 35.6 Å². The average Bonchev–Trinajstić information content (AvgIpc) is 3.01. The number of aliphatic imine (C=N–C) groups is 1. The number of nitrogens with one attached hydrogen (secondary N) is 1. The minimum atomic E-state index is -0.220. The van der Waals surface area contributed by atoms with Gasteiger partial charge in [-0.3, -0.25) is 4.99 Å². The van der Waals surface area contributed by atoms with Crippen molar-refractivity contribution >= 4 is 5.96 Å². The number of likely N-dealkylation sites (N-methyl/N-ethyl adjacent to an activating group) is 1. The van der Waals surface area contributed by atoms with Crippen LogP contribution in [0.1, 0.15) is 31.4 Å². The minimum Gasteiger partial charge on any atom is -0.367 e. The van der Waals surface area contributed by atoms with Crippen LogP contribution in [0.2, 0.25) is 0 Å². The van der Waals surface area contributed by atoms with E-state index in [-0.39, 0.29) is 18.0 Å². The van der Waals surface area contributed by atoms with E-state index >= 15 is 0 Å². The summed E-state index contributed by atoms with van der Waals surface area (Å²) in [5.74, 6) is 0.699. The molecule has 0 spiro atoms. The molecule has 0 radical (unpaired) electrons. The Kier molecular flexibility index (Phi) is 5.91. The van der Waals surface area contributed by atoms with Crippen molar-refractivity contribution in [3.63, 3.8) is 0 Å². The van der Waals surface area contributed by atoms with E-state index in [1.54, 1.807) is 12.1 Å². The largest absolute Gasteiger partial charge is 0.367 e. The molecule has 2 saturated heterocycles. The van der Waals surface area contributed by atoms with Gasteiger partial charge in [-0.05, 0) is 51.1 Å². The fourth-order valence-electron chi connectivity index (χ4n) is 3.76. The number of guanidine groups is 1. The van der Waals surface area contributed by atoms with Crippen molar-refractivity contribution in [2.45, 2.75) is 38.0 Å². The van der Waals surface area contributed by atoms with E-state index in [2.05, 4.69) is 34.1 Å². The maximum atomic E-state index is 13.2. The van der Waals surface area contributed by atoms with Gasteiger partial charge in [0.05, 0.1) is 12.6 Å². The number of halogens is 1. The lowest BCUT2D eigenvalue weighted by Gasteiger charge is -2.39. The summed E-state index contributed by atoms with van der Waals surface area (Å²) in [6.45, 7) is 5.68. The van der Waals surface area contributed by atoms with Gasteiger partial charge in [0.25, 0.3) is 0 Å². The lowest BCUT2D eigenvalue weighted by molar-refractivity contribution is -0.0605. The molecule has 1 aromatic carbocycles. The Hall–Kier alpha value is -1.66. The molecule has 0 aliphatic carbocycles. The van der Waals surface area contributed by atoms with Crippen molar-refractivity contribution in [2.24, 2.45) is 4.99 Å². The van der Waals surface area contributed by atoms with Gasteiger partial charge in [0.1, 0.15) is 11.9 Å². The molecule has 3 unspecified atom stereocenters. The fraction of sp³-hybridized carbons (Fsp3) is 0.632. The van der Waals surface area contributed by atoms with Gasteiger partial charge in [0.2, 0.25) is 0 Å². The second-order valence-corrected chi connectivity index (χ2v) is 7.10. The van der Waals surface area contributed by atoms with E-state index < -0.39 is 0 Å². The van der Waals surface area contributed by atoms with Crippen molar-refractivity contribution in [3.8, 4) is 0 Å². The van der Waals surface area contributed by atoms with E-state index in [1.807, 2.05) is 7.05 Å². The van der Waals surface area contributed by atoms with Crippen LogP contribution in [0, 0.1) is 5.82 Å². The first kappa shape index (κ1) is 18.1. The van der Waals surface area contributed by atoms with E-state index in [0.29, 0.717) is 6.04 Å². The molecule has 3 atom stereocenters. The number of rotatable bonds is 3. The van der Waals surface area contributed by atoms with Gasteiger partial charge >= 0.3 is 0 Å². The van der Waals surface area contributed by atoms with Crippen LogP contribution in [-0.2, 0) is 4.74 Å². The fourth-order valence-corrected chi connectivity index (χ4v) is 3.76. The molecule has 2 aliphatic heterocycles. The zero-order chi connectivity index (χ0) is 17.8. The van der Waals surface area contributed by atoms with Crippen LogP contribution in [0.3, 0.4) is 0 Å². The molecular formula is C19H29FN4O. The van der Waals surface area contributed by atoms with Gasteiger partial charge < -0.3 is 19.9 Å². The Morgan fingerprint density at radius 1 is 1.32 bits per heavy atom. The third kappa shape index (κ3) is 4.50. The number of nitrogens with zero attached hydrogens (tertiary/aromatic N) is 3. The maximum Gasteiger partial charge on any atom is 0.193 e. The number of likely N-dealkylation sites (tertiary alicyclic amines) is 1. The van der Waals surface area contributed by atoms with Gasteiger partial charge in [0.15, 0.2) is 5.96 Å². The Bertz CT molecular complexity index is 592. The molecule has 1 N–H and O–H groups in total. The van der Waals surface area contributed by atoms with E-state index in [4.69, 9.17) is 4.74 Å². The summed E-state index contributed by atoms with van der Waals surface area (Å²) in [5, 5.41) is 3.53. The molecule has 0 saturated carbocycles. The number of hydrogen-bond donors (Lipinski definition) is 1. The van der Waals surface area contributed by atoms with Crippen LogP contribution in [0.15, 0.2) is 29.3 Å². The maximum absolute atomic E-state index is 13.2. The highest BCUT2D eigenvalue weighted by atomic mass is 19.1. The van der Waals surface area contributed by atoms with Gasteiger partial charge in [-0.1, -0.05) is 12.1 Å². The average molecular weight is 348 g/mol. The molecule has 0 amide bonds. The van der Waals surface area contributed by atoms with E-state index in [1.165, 1.54) is 31.5 Å². The smallest absolute Gasteiger partial charge is 0.193 e. The molecule has 3 rings (SSSR count). The van der Waals surface area contributed by atoms with Crippen molar-refractivity contribution in [1.29, 1.82) is 0 Å². The standard InChI is InChI=1S/C19H29FN4O/c1-14-12-24(13-18(25-14)15-6-8-16(20)9-7-15)19(21-2)22-11-17-5-4-10-23(17)3/h6-9,14,17-18H,4-5,10-13H2,1-3H3,(H,21,22). The van der Waals surface area contributed by atoms with Crippen LogP contribution in [0.5, 0.6) is 0 Å². The molecule has 6 heteroatoms. The predicted octanol–water partition coefficient (Wildman–Crippen LogP) is 2.26. The van der Waals surface area contributed by atoms with Crippen LogP contribution in [0.25, 0.3) is 0 Å². The minimum absolute atomic E-state index is 0.0722. The first-order valence-corrected chi connectivity index (χ1v) is 9.13. The second-order valence-electron chi connectivity index (χ2n) is 7.10. The van der Waals surface area contributed by atoms with E-state index in [0.717, 1.165) is 31.2 Å². The Balaban J connectivity index is 1.63. The normalized spacial score (nSPS) is 28.4. The summed E-state index contributed by atoms with van der Waals surface area (Å²) >= 11 is 0. The van der Waals surface area contributed by atoms with Crippen molar-refractivity contribution in [1.82, 2.24) is 15.1 Å². The third-order valence-electron chi connectivity index (χ3n) is 5.18. The molecule has 0 aromatic heterocycles. The zero-order valence-electron chi connectivity index (χ0n) is 15.4. The molecule has 138 valence electrons. The summed E-state index contributed by atoms with van der Waals surface area (Å²) in [7, 11) is 4.01. The van der Waals surface area contributed by atoms with E-state index in [9.17, 15) is 4.39 Å². The number of morpholine rings is 1. The molecule has 1 aromatic rings. The Morgan fingerprint density at radius 3 is 2.72 bits per heavy atom. The quantitative estimate of drug-likeness (QED) is 0.672. The third-order valence-corrected chi connectivity index (χ3v) is 5.18. The summed E-state index contributed by atoms with van der Waals surface area (Å²) in [6.07, 6.45) is 2.52. The SMILES string of the molecule is CN=C(NCC1CCCN1C)N1CC(C)OC(c2ccc(F)cc2)C1. The lowest BCUT2D eigenvalue weighted by atomic mass is 10.1. The Labute approximate surface area is 149 Å². The van der Waals surface area contributed by atoms with Crippen LogP contribution >= 0.6 is 0 Å². The molecule has 2 aliphatic rings. The van der Waals surface area contributed by atoms with Crippen molar-refractivity contribution in [2.75, 3.05) is 40.3 Å². The van der Waals surface area contributed by atoms with Crippen LogP contribution in [-0.4, -0.2) is 68.2 Å². The molecular weight excluding hydrogens is 319 g/mol. The molecule has 5 nitrogen and oxygen atoms in total. The lowest BCUT2D eigenvalue weighted by Crippen LogP contribution is -2.52. The summed E-state index contributed by atoms with van der Waals surface area (Å²) in [5.41, 5.74) is 1.00. The summed E-state index contributed by atoms with van der Waals surface area (Å²) in [6, 6.07) is 7.17. The first-order valence-electron chi connectivity index (χ1n) is 9.13. The Morgan fingerprint density at radius 2 is 2.08 bits per heavy atom. The van der Waals surface area contributed by atoms with Crippen molar-refractivity contribution < 1.29 is 9.13 Å². The molecule has 25 heavy (non-hydrogen) atoms. The first-order chi connectivity index (χ1) is 12.1. The number of benzene rings is 1. The zero-order valence-corrected chi connectivity index (χ0v) is 15.4. The summed E-state index contributed by atoms with van der Waals surface area (Å²) in [4.78, 5) is 9.13. The predicted molar refractivity (Wildman–Crippen MR) is 98.3 cm³/mol. The summed E-state index contributed by atoms with van der Waals surface area (Å²) < 4.78 is 19.3. The highest BCUT2D eigenvalue weighted by Gasteiger charge is 2.29.